The van der Waals surface area contributed by atoms with E-state index in [2.05, 4.69) is 37.5 Å². The van der Waals surface area contributed by atoms with Gasteiger partial charge in [0.15, 0.2) is 0 Å². The third-order valence-electron chi connectivity index (χ3n) is 3.61. The lowest BCUT2D eigenvalue weighted by molar-refractivity contribution is -0.114. The number of hydrogen-bond acceptors (Lipinski definition) is 3. The molecule has 21 heavy (non-hydrogen) atoms. The van der Waals surface area contributed by atoms with Crippen molar-refractivity contribution in [1.29, 1.82) is 0 Å². The molecule has 1 aromatic carbocycles. The predicted molar refractivity (Wildman–Crippen MR) is 87.3 cm³/mol. The molecule has 0 radical (unpaired) electrons. The highest BCUT2D eigenvalue weighted by molar-refractivity contribution is 5.88. The normalized spacial score (nSPS) is 13.0. The van der Waals surface area contributed by atoms with E-state index in [1.54, 1.807) is 0 Å². The summed E-state index contributed by atoms with van der Waals surface area (Å²) in [6.07, 6.45) is 1.83. The van der Waals surface area contributed by atoms with Gasteiger partial charge in [-0.05, 0) is 42.9 Å². The van der Waals surface area contributed by atoms with Crippen LogP contribution in [0.2, 0.25) is 0 Å². The van der Waals surface area contributed by atoms with Crippen LogP contribution in [0.1, 0.15) is 52.1 Å². The molecule has 1 aromatic rings. The summed E-state index contributed by atoms with van der Waals surface area (Å²) in [6, 6.07) is 8.12. The van der Waals surface area contributed by atoms with Crippen LogP contribution >= 0.6 is 0 Å². The molecule has 3 N–H and O–H groups in total. The Morgan fingerprint density at radius 2 is 2.10 bits per heavy atom. The van der Waals surface area contributed by atoms with Crippen molar-refractivity contribution in [3.63, 3.8) is 0 Å². The second-order valence-electron chi connectivity index (χ2n) is 6.40. The zero-order chi connectivity index (χ0) is 15.9. The summed E-state index contributed by atoms with van der Waals surface area (Å²) in [4.78, 5) is 11.1. The van der Waals surface area contributed by atoms with E-state index in [9.17, 15) is 4.79 Å². The Morgan fingerprint density at radius 3 is 2.71 bits per heavy atom. The Hall–Kier alpha value is -1.39. The molecule has 0 aliphatic heterocycles. The molecule has 0 heterocycles. The van der Waals surface area contributed by atoms with Crippen LogP contribution in [0.4, 0.5) is 5.69 Å². The number of benzene rings is 1. The lowest BCUT2D eigenvalue weighted by Crippen LogP contribution is -2.31. The van der Waals surface area contributed by atoms with Crippen molar-refractivity contribution < 1.29 is 9.90 Å². The average molecular weight is 292 g/mol. The number of anilines is 1. The van der Waals surface area contributed by atoms with E-state index in [0.717, 1.165) is 30.6 Å². The fourth-order valence-electron chi connectivity index (χ4n) is 2.28. The Balaban J connectivity index is 2.59. The van der Waals surface area contributed by atoms with Gasteiger partial charge in [0.25, 0.3) is 0 Å². The fourth-order valence-corrected chi connectivity index (χ4v) is 2.28. The van der Waals surface area contributed by atoms with Gasteiger partial charge in [-0.1, -0.05) is 26.0 Å². The summed E-state index contributed by atoms with van der Waals surface area (Å²) in [7, 11) is 0. The molecule has 0 spiro atoms. The summed E-state index contributed by atoms with van der Waals surface area (Å²) in [6.45, 7) is 9.18. The zero-order valence-corrected chi connectivity index (χ0v) is 13.6. The van der Waals surface area contributed by atoms with Crippen molar-refractivity contribution in [2.24, 2.45) is 5.41 Å². The minimum Gasteiger partial charge on any atom is -0.396 e. The highest BCUT2D eigenvalue weighted by Gasteiger charge is 2.18. The van der Waals surface area contributed by atoms with Crippen LogP contribution in [0, 0.1) is 5.41 Å². The maximum absolute atomic E-state index is 11.1. The summed E-state index contributed by atoms with van der Waals surface area (Å²) in [5.74, 6) is -0.0575. The fraction of sp³-hybridized carbons (Fsp3) is 0.588. The van der Waals surface area contributed by atoms with Gasteiger partial charge in [0.2, 0.25) is 5.91 Å². The van der Waals surface area contributed by atoms with Crippen molar-refractivity contribution in [1.82, 2.24) is 5.32 Å². The minimum absolute atomic E-state index is 0.0575. The topological polar surface area (TPSA) is 61.4 Å². The number of amides is 1. The minimum atomic E-state index is -0.0575. The van der Waals surface area contributed by atoms with Crippen molar-refractivity contribution in [3.8, 4) is 0 Å². The summed E-state index contributed by atoms with van der Waals surface area (Å²) in [5.41, 5.74) is 2.14. The maximum atomic E-state index is 11.1. The Morgan fingerprint density at radius 1 is 1.38 bits per heavy atom. The molecule has 1 rings (SSSR count). The predicted octanol–water partition coefficient (Wildman–Crippen LogP) is 3.09. The van der Waals surface area contributed by atoms with Gasteiger partial charge >= 0.3 is 0 Å². The number of hydrogen-bond donors (Lipinski definition) is 3. The van der Waals surface area contributed by atoms with Gasteiger partial charge in [-0.25, -0.2) is 0 Å². The largest absolute Gasteiger partial charge is 0.396 e. The Kier molecular flexibility index (Phi) is 6.85. The quantitative estimate of drug-likeness (QED) is 0.690. The lowest BCUT2D eigenvalue weighted by Gasteiger charge is -2.27. The molecular weight excluding hydrogens is 264 g/mol. The Labute approximate surface area is 128 Å². The first-order chi connectivity index (χ1) is 9.84. The highest BCUT2D eigenvalue weighted by Crippen LogP contribution is 2.23. The van der Waals surface area contributed by atoms with Crippen molar-refractivity contribution >= 4 is 11.6 Å². The number of aliphatic hydroxyl groups is 1. The number of rotatable bonds is 8. The lowest BCUT2D eigenvalue weighted by atomic mass is 9.87. The molecule has 1 atom stereocenters. The van der Waals surface area contributed by atoms with E-state index in [0.29, 0.717) is 0 Å². The Bertz CT molecular complexity index is 458. The molecule has 4 heteroatoms. The van der Waals surface area contributed by atoms with Crippen LogP contribution in [-0.4, -0.2) is 24.2 Å². The first kappa shape index (κ1) is 17.7. The average Bonchev–Trinajstić information content (AvgIpc) is 2.42. The van der Waals surface area contributed by atoms with Gasteiger partial charge < -0.3 is 15.7 Å². The second kappa shape index (κ2) is 8.15. The maximum Gasteiger partial charge on any atom is 0.221 e. The van der Waals surface area contributed by atoms with Crippen molar-refractivity contribution in [2.45, 2.75) is 46.6 Å². The standard InChI is InChI=1S/C17H28N2O2/c1-13(18-12-17(3,4)9-6-10-20)15-7-5-8-16(11-15)19-14(2)21/h5,7-8,11,13,18,20H,6,9-10,12H2,1-4H3,(H,19,21). The van der Waals surface area contributed by atoms with E-state index in [-0.39, 0.29) is 24.0 Å². The summed E-state index contributed by atoms with van der Waals surface area (Å²) in [5, 5.41) is 15.3. The smallest absolute Gasteiger partial charge is 0.221 e. The molecule has 0 aliphatic carbocycles. The first-order valence-corrected chi connectivity index (χ1v) is 7.56. The molecule has 0 aliphatic rings. The van der Waals surface area contributed by atoms with E-state index in [4.69, 9.17) is 5.11 Å². The number of aliphatic hydroxyl groups excluding tert-OH is 1. The molecule has 118 valence electrons. The van der Waals surface area contributed by atoms with Crippen molar-refractivity contribution in [3.05, 3.63) is 29.8 Å². The van der Waals surface area contributed by atoms with E-state index in [1.165, 1.54) is 6.92 Å². The molecule has 1 unspecified atom stereocenters. The molecule has 0 bridgehead atoms. The first-order valence-electron chi connectivity index (χ1n) is 7.56. The van der Waals surface area contributed by atoms with Gasteiger partial charge in [-0.2, -0.15) is 0 Å². The second-order valence-corrected chi connectivity index (χ2v) is 6.40. The number of nitrogens with one attached hydrogen (secondary N) is 2. The van der Waals surface area contributed by atoms with E-state index >= 15 is 0 Å². The van der Waals surface area contributed by atoms with Crippen molar-refractivity contribution in [2.75, 3.05) is 18.5 Å². The monoisotopic (exact) mass is 292 g/mol. The van der Waals surface area contributed by atoms with Gasteiger partial charge in [0, 0.05) is 31.8 Å². The van der Waals surface area contributed by atoms with Crippen LogP contribution in [0.5, 0.6) is 0 Å². The number of carbonyl (C=O) groups is 1. The third kappa shape index (κ3) is 6.74. The molecule has 0 fully saturated rings. The van der Waals surface area contributed by atoms with Crippen LogP contribution in [-0.2, 0) is 4.79 Å². The molecule has 0 saturated carbocycles. The van der Waals surface area contributed by atoms with Gasteiger partial charge in [-0.3, -0.25) is 4.79 Å². The SMILES string of the molecule is CC(=O)Nc1cccc(C(C)NCC(C)(C)CCCO)c1. The zero-order valence-electron chi connectivity index (χ0n) is 13.6. The molecule has 4 nitrogen and oxygen atoms in total. The van der Waals surface area contributed by atoms with Crippen LogP contribution < -0.4 is 10.6 Å². The third-order valence-corrected chi connectivity index (χ3v) is 3.61. The van der Waals surface area contributed by atoms with Crippen LogP contribution in [0.25, 0.3) is 0 Å². The number of carbonyl (C=O) groups excluding carboxylic acids is 1. The summed E-state index contributed by atoms with van der Waals surface area (Å²) >= 11 is 0. The summed E-state index contributed by atoms with van der Waals surface area (Å²) < 4.78 is 0. The molecule has 1 amide bonds. The molecule has 0 saturated heterocycles. The van der Waals surface area contributed by atoms with Gasteiger partial charge in [0.1, 0.15) is 0 Å². The molecule has 0 aromatic heterocycles. The van der Waals surface area contributed by atoms with E-state index in [1.807, 2.05) is 18.2 Å². The van der Waals surface area contributed by atoms with Gasteiger partial charge in [-0.15, -0.1) is 0 Å². The molecular formula is C17H28N2O2. The van der Waals surface area contributed by atoms with Gasteiger partial charge in [0.05, 0.1) is 0 Å². The highest BCUT2D eigenvalue weighted by atomic mass is 16.2. The van der Waals surface area contributed by atoms with E-state index < -0.39 is 0 Å². The van der Waals surface area contributed by atoms with Crippen LogP contribution in [0.15, 0.2) is 24.3 Å². The van der Waals surface area contributed by atoms with Crippen LogP contribution in [0.3, 0.4) is 0 Å².